The fourth-order valence-corrected chi connectivity index (χ4v) is 7.18. The maximum Gasteiger partial charge on any atom is 0.252 e. The van der Waals surface area contributed by atoms with Gasteiger partial charge < -0.3 is 4.90 Å². The molecular formula is C18H20N2O3S3. The van der Waals surface area contributed by atoms with Gasteiger partial charge in [0.05, 0.1) is 11.6 Å². The van der Waals surface area contributed by atoms with Crippen molar-refractivity contribution in [2.45, 2.75) is 21.9 Å². The third-order valence-corrected chi connectivity index (χ3v) is 9.10. The molecule has 5 nitrogen and oxygen atoms in total. The molecule has 138 valence electrons. The summed E-state index contributed by atoms with van der Waals surface area (Å²) >= 11 is 2.98. The van der Waals surface area contributed by atoms with E-state index in [9.17, 15) is 13.2 Å². The van der Waals surface area contributed by atoms with E-state index in [4.69, 9.17) is 0 Å². The number of piperidine rings is 1. The summed E-state index contributed by atoms with van der Waals surface area (Å²) in [6, 6.07) is 11.3. The summed E-state index contributed by atoms with van der Waals surface area (Å²) in [6.45, 7) is 1.43. The van der Waals surface area contributed by atoms with Crippen LogP contribution in [-0.4, -0.2) is 44.0 Å². The number of carbonyl (C=O) groups is 1. The molecule has 8 heteroatoms. The van der Waals surface area contributed by atoms with Gasteiger partial charge in [-0.15, -0.1) is 23.1 Å². The van der Waals surface area contributed by atoms with Crippen molar-refractivity contribution < 1.29 is 13.2 Å². The molecule has 0 spiro atoms. The third-order valence-electron chi connectivity index (χ3n) is 4.82. The van der Waals surface area contributed by atoms with Crippen LogP contribution < -0.4 is 4.90 Å². The molecule has 1 aromatic carbocycles. The van der Waals surface area contributed by atoms with E-state index >= 15 is 0 Å². The van der Waals surface area contributed by atoms with E-state index in [-0.39, 0.29) is 18.4 Å². The van der Waals surface area contributed by atoms with Crippen molar-refractivity contribution in [1.82, 2.24) is 4.31 Å². The van der Waals surface area contributed by atoms with E-state index in [1.54, 1.807) is 29.3 Å². The lowest BCUT2D eigenvalue weighted by Gasteiger charge is -2.36. The number of anilines is 1. The van der Waals surface area contributed by atoms with Gasteiger partial charge in [0.15, 0.2) is 0 Å². The van der Waals surface area contributed by atoms with Crippen molar-refractivity contribution in [2.75, 3.05) is 30.3 Å². The molecule has 3 heterocycles. The number of amides is 1. The Morgan fingerprint density at radius 1 is 1.12 bits per heavy atom. The van der Waals surface area contributed by atoms with E-state index in [1.807, 2.05) is 29.2 Å². The molecule has 0 saturated carbocycles. The molecule has 2 aliphatic heterocycles. The Morgan fingerprint density at radius 2 is 1.96 bits per heavy atom. The van der Waals surface area contributed by atoms with Gasteiger partial charge in [0.1, 0.15) is 4.21 Å². The van der Waals surface area contributed by atoms with Gasteiger partial charge in [-0.2, -0.15) is 4.31 Å². The van der Waals surface area contributed by atoms with E-state index in [0.29, 0.717) is 23.7 Å². The van der Waals surface area contributed by atoms with Crippen molar-refractivity contribution in [3.63, 3.8) is 0 Å². The molecule has 0 N–H and O–H groups in total. The molecule has 26 heavy (non-hydrogen) atoms. The molecule has 4 rings (SSSR count). The van der Waals surface area contributed by atoms with Crippen LogP contribution in [-0.2, 0) is 14.8 Å². The Bertz CT molecular complexity index is 896. The fraction of sp³-hybridized carbons (Fsp3) is 0.389. The largest absolute Gasteiger partial charge is 0.310 e. The first-order chi connectivity index (χ1) is 12.6. The zero-order valence-corrected chi connectivity index (χ0v) is 16.7. The van der Waals surface area contributed by atoms with E-state index in [1.165, 1.54) is 15.6 Å². The Hall–Kier alpha value is -1.35. The number of rotatable bonds is 3. The van der Waals surface area contributed by atoms with Gasteiger partial charge in [0, 0.05) is 30.3 Å². The first-order valence-electron chi connectivity index (χ1n) is 8.64. The van der Waals surface area contributed by atoms with Gasteiger partial charge in [-0.25, -0.2) is 8.42 Å². The molecule has 1 fully saturated rings. The maximum absolute atomic E-state index is 13.2. The molecule has 0 aliphatic carbocycles. The highest BCUT2D eigenvalue weighted by Gasteiger charge is 2.36. The average molecular weight is 409 g/mol. The fourth-order valence-electron chi connectivity index (χ4n) is 3.52. The summed E-state index contributed by atoms with van der Waals surface area (Å²) in [6.07, 6.45) is 1.45. The lowest BCUT2D eigenvalue weighted by atomic mass is 9.97. The first kappa shape index (κ1) is 18.0. The van der Waals surface area contributed by atoms with Gasteiger partial charge in [0.25, 0.3) is 10.0 Å². The van der Waals surface area contributed by atoms with Crippen LogP contribution in [0.25, 0.3) is 0 Å². The lowest BCUT2D eigenvalue weighted by molar-refractivity contribution is -0.123. The van der Waals surface area contributed by atoms with Crippen molar-refractivity contribution in [1.29, 1.82) is 0 Å². The lowest BCUT2D eigenvalue weighted by Crippen LogP contribution is -2.47. The Kier molecular flexibility index (Phi) is 5.09. The topological polar surface area (TPSA) is 57.7 Å². The zero-order chi connectivity index (χ0) is 18.1. The van der Waals surface area contributed by atoms with Crippen LogP contribution in [0.15, 0.2) is 50.9 Å². The molecule has 2 aliphatic rings. The van der Waals surface area contributed by atoms with Crippen LogP contribution in [0.3, 0.4) is 0 Å². The molecule has 1 unspecified atom stereocenters. The van der Waals surface area contributed by atoms with Crippen molar-refractivity contribution in [2.24, 2.45) is 5.92 Å². The number of para-hydroxylation sites is 1. The molecule has 0 bridgehead atoms. The van der Waals surface area contributed by atoms with Crippen LogP contribution in [0.1, 0.15) is 12.8 Å². The quantitative estimate of drug-likeness (QED) is 0.782. The zero-order valence-electron chi connectivity index (χ0n) is 14.2. The van der Waals surface area contributed by atoms with Crippen LogP contribution in [0.4, 0.5) is 5.69 Å². The van der Waals surface area contributed by atoms with E-state index < -0.39 is 10.0 Å². The standard InChI is InChI=1S/C18H20N2O3S3/c21-18(20-10-12-24-16-7-2-1-6-15(16)20)14-5-3-9-19(13-14)26(22,23)17-8-4-11-25-17/h1-2,4,6-8,11,14H,3,5,9-10,12-13H2. The van der Waals surface area contributed by atoms with Crippen molar-refractivity contribution in [3.8, 4) is 0 Å². The minimum Gasteiger partial charge on any atom is -0.310 e. The van der Waals surface area contributed by atoms with E-state index in [2.05, 4.69) is 0 Å². The van der Waals surface area contributed by atoms with E-state index in [0.717, 1.165) is 22.8 Å². The number of nitrogens with zero attached hydrogens (tertiary/aromatic N) is 2. The number of benzene rings is 1. The number of hydrogen-bond donors (Lipinski definition) is 0. The van der Waals surface area contributed by atoms with Gasteiger partial charge in [0.2, 0.25) is 5.91 Å². The van der Waals surface area contributed by atoms with Crippen LogP contribution in [0.2, 0.25) is 0 Å². The Labute approximate surface area is 162 Å². The third kappa shape index (κ3) is 3.31. The normalized spacial score (nSPS) is 21.4. The second-order valence-corrected chi connectivity index (χ2v) is 10.7. The minimum absolute atomic E-state index is 0.0452. The van der Waals surface area contributed by atoms with Crippen LogP contribution in [0, 0.1) is 5.92 Å². The summed E-state index contributed by atoms with van der Waals surface area (Å²) in [4.78, 5) is 16.1. The highest BCUT2D eigenvalue weighted by atomic mass is 32.2. The summed E-state index contributed by atoms with van der Waals surface area (Å²) in [5.41, 5.74) is 0.951. The first-order valence-corrected chi connectivity index (χ1v) is 11.9. The Balaban J connectivity index is 1.55. The smallest absolute Gasteiger partial charge is 0.252 e. The monoisotopic (exact) mass is 408 g/mol. The summed E-state index contributed by atoms with van der Waals surface area (Å²) in [5.74, 6) is 0.630. The molecule has 2 aromatic rings. The molecular weight excluding hydrogens is 388 g/mol. The summed E-state index contributed by atoms with van der Waals surface area (Å²) in [5, 5.41) is 1.77. The molecule has 0 radical (unpaired) electrons. The Morgan fingerprint density at radius 3 is 2.77 bits per heavy atom. The second-order valence-electron chi connectivity index (χ2n) is 6.44. The summed E-state index contributed by atoms with van der Waals surface area (Å²) < 4.78 is 27.4. The van der Waals surface area contributed by atoms with Gasteiger partial charge >= 0.3 is 0 Å². The van der Waals surface area contributed by atoms with Crippen LogP contribution in [0.5, 0.6) is 0 Å². The van der Waals surface area contributed by atoms with Crippen molar-refractivity contribution in [3.05, 3.63) is 41.8 Å². The van der Waals surface area contributed by atoms with Crippen LogP contribution >= 0.6 is 23.1 Å². The average Bonchev–Trinajstić information content (AvgIpc) is 3.23. The molecule has 1 atom stereocenters. The van der Waals surface area contributed by atoms with Gasteiger partial charge in [-0.05, 0) is 36.4 Å². The highest BCUT2D eigenvalue weighted by Crippen LogP contribution is 2.36. The predicted molar refractivity (Wildman–Crippen MR) is 105 cm³/mol. The number of thioether (sulfide) groups is 1. The number of hydrogen-bond acceptors (Lipinski definition) is 5. The van der Waals surface area contributed by atoms with Gasteiger partial charge in [-0.1, -0.05) is 18.2 Å². The second kappa shape index (κ2) is 7.34. The van der Waals surface area contributed by atoms with Crippen molar-refractivity contribution >= 4 is 44.7 Å². The number of sulfonamides is 1. The highest BCUT2D eigenvalue weighted by molar-refractivity contribution is 7.99. The molecule has 1 amide bonds. The minimum atomic E-state index is -3.50. The summed E-state index contributed by atoms with van der Waals surface area (Å²) in [7, 11) is -3.50. The molecule has 1 saturated heterocycles. The maximum atomic E-state index is 13.2. The molecule has 1 aromatic heterocycles. The number of carbonyl (C=O) groups excluding carboxylic acids is 1. The predicted octanol–water partition coefficient (Wildman–Crippen LogP) is 3.29. The van der Waals surface area contributed by atoms with Gasteiger partial charge in [-0.3, -0.25) is 4.79 Å². The SMILES string of the molecule is O=C(C1CCCN(S(=O)(=O)c2cccs2)C1)N1CCSc2ccccc21. The number of thiophene rings is 1. The number of fused-ring (bicyclic) bond motifs is 1.